The molecule has 0 radical (unpaired) electrons. The number of rotatable bonds is 5. The minimum Gasteiger partial charge on any atom is -0.481 e. The van der Waals surface area contributed by atoms with Gasteiger partial charge in [0.05, 0.1) is 12.5 Å². The van der Waals surface area contributed by atoms with E-state index >= 15 is 0 Å². The fraction of sp³-hybridized carbons (Fsp3) is 0.263. The molecule has 3 nitrogen and oxygen atoms in total. The molecule has 0 aromatic heterocycles. The third-order valence-corrected chi connectivity index (χ3v) is 4.45. The van der Waals surface area contributed by atoms with Crippen LogP contribution >= 0.6 is 20.8 Å². The van der Waals surface area contributed by atoms with Gasteiger partial charge in [-0.2, -0.15) is 0 Å². The minimum atomic E-state index is -1.03. The van der Waals surface area contributed by atoms with Gasteiger partial charge >= 0.3 is 5.97 Å². The molecule has 0 aliphatic heterocycles. The Morgan fingerprint density at radius 1 is 1.24 bits per heavy atom. The third-order valence-electron chi connectivity index (χ3n) is 4.06. The molecule has 132 valence electrons. The average Bonchev–Trinajstić information content (AvgIpc) is 2.48. The van der Waals surface area contributed by atoms with E-state index in [0.717, 1.165) is 22.3 Å². The molecule has 0 aliphatic rings. The van der Waals surface area contributed by atoms with Crippen LogP contribution in [-0.4, -0.2) is 17.0 Å². The summed E-state index contributed by atoms with van der Waals surface area (Å²) in [5.74, 6) is -0.0230. The summed E-state index contributed by atoms with van der Waals surface area (Å²) in [7, 11) is 2.30. The Labute approximate surface area is 154 Å². The summed E-state index contributed by atoms with van der Waals surface area (Å²) < 4.78 is 14.7. The molecular formula is C19H20ClFNO2P. The van der Waals surface area contributed by atoms with E-state index in [-0.39, 0.29) is 12.0 Å². The average molecular weight is 380 g/mol. The van der Waals surface area contributed by atoms with Crippen molar-refractivity contribution in [2.24, 2.45) is 4.99 Å². The van der Waals surface area contributed by atoms with Gasteiger partial charge in [-0.05, 0) is 72.9 Å². The van der Waals surface area contributed by atoms with E-state index in [9.17, 15) is 9.18 Å². The van der Waals surface area contributed by atoms with E-state index in [2.05, 4.69) is 14.2 Å². The van der Waals surface area contributed by atoms with E-state index in [1.165, 1.54) is 5.96 Å². The highest BCUT2D eigenvalue weighted by Gasteiger charge is 2.21. The van der Waals surface area contributed by atoms with Crippen LogP contribution in [-0.2, 0) is 4.79 Å². The molecule has 6 heteroatoms. The molecule has 25 heavy (non-hydrogen) atoms. The number of benzene rings is 2. The summed E-state index contributed by atoms with van der Waals surface area (Å²) in [6, 6.07) is 6.40. The summed E-state index contributed by atoms with van der Waals surface area (Å²) in [6.45, 7) is 5.56. The van der Waals surface area contributed by atoms with Crippen LogP contribution in [0.25, 0.3) is 11.1 Å². The van der Waals surface area contributed by atoms with Crippen LogP contribution in [0.4, 0.5) is 4.39 Å². The van der Waals surface area contributed by atoms with E-state index in [0.29, 0.717) is 10.6 Å². The SMILES string of the molecule is Cc1cc(-c2c(C)cc(Cl)cc2C)cc(C(CC(=O)O)N=CP)c1F. The number of carboxylic acid groups (broad SMARTS) is 1. The summed E-state index contributed by atoms with van der Waals surface area (Å²) in [5, 5.41) is 9.77. The van der Waals surface area contributed by atoms with Gasteiger partial charge in [0.2, 0.25) is 0 Å². The van der Waals surface area contributed by atoms with Crippen molar-refractivity contribution in [2.75, 3.05) is 0 Å². The highest BCUT2D eigenvalue weighted by Crippen LogP contribution is 2.35. The smallest absolute Gasteiger partial charge is 0.305 e. The predicted octanol–water partition coefficient (Wildman–Crippen LogP) is 5.49. The molecule has 0 amide bonds. The minimum absolute atomic E-state index is 0.275. The Morgan fingerprint density at radius 2 is 1.84 bits per heavy atom. The number of halogens is 2. The molecule has 2 unspecified atom stereocenters. The summed E-state index contributed by atoms with van der Waals surface area (Å²) >= 11 is 6.10. The number of carbonyl (C=O) groups is 1. The second-order valence-electron chi connectivity index (χ2n) is 6.02. The standard InChI is InChI=1S/C19H20ClFNO2P/c1-10-5-14(20)6-11(2)18(10)13-4-12(3)19(21)15(7-13)16(22-9-25)8-17(23)24/h4-7,9,16H,8,25H2,1-3H3,(H,23,24). The Hall–Kier alpha value is -1.77. The normalized spacial score (nSPS) is 12.6. The first-order valence-corrected chi connectivity index (χ1v) is 8.81. The summed E-state index contributed by atoms with van der Waals surface area (Å²) in [5.41, 5.74) is 4.49. The van der Waals surface area contributed by atoms with Gasteiger partial charge in [0.15, 0.2) is 0 Å². The second kappa shape index (κ2) is 8.07. The van der Waals surface area contributed by atoms with E-state index in [1.807, 2.05) is 26.0 Å². The number of aliphatic imine (C=N–C) groups is 1. The van der Waals surface area contributed by atoms with Gasteiger partial charge < -0.3 is 5.11 Å². The lowest BCUT2D eigenvalue weighted by atomic mass is 9.91. The number of hydrogen-bond acceptors (Lipinski definition) is 2. The van der Waals surface area contributed by atoms with Gasteiger partial charge in [-0.3, -0.25) is 9.79 Å². The van der Waals surface area contributed by atoms with Gasteiger partial charge in [-0.15, -0.1) is 0 Å². The maximum atomic E-state index is 14.7. The van der Waals surface area contributed by atoms with Crippen molar-refractivity contribution in [2.45, 2.75) is 33.2 Å². The Balaban J connectivity index is 2.68. The van der Waals surface area contributed by atoms with Crippen molar-refractivity contribution < 1.29 is 14.3 Å². The molecule has 2 rings (SSSR count). The van der Waals surface area contributed by atoms with E-state index < -0.39 is 17.8 Å². The van der Waals surface area contributed by atoms with Crippen molar-refractivity contribution >= 4 is 32.8 Å². The molecular weight excluding hydrogens is 360 g/mol. The molecule has 2 atom stereocenters. The molecule has 2 aromatic rings. The topological polar surface area (TPSA) is 49.7 Å². The number of carboxylic acids is 1. The summed E-state index contributed by atoms with van der Waals surface area (Å²) in [4.78, 5) is 15.3. The van der Waals surface area contributed by atoms with Gasteiger partial charge in [0, 0.05) is 16.5 Å². The first kappa shape index (κ1) is 19.6. The highest BCUT2D eigenvalue weighted by atomic mass is 35.5. The lowest BCUT2D eigenvalue weighted by molar-refractivity contribution is -0.137. The number of aliphatic carboxylic acids is 1. The molecule has 0 saturated carbocycles. The van der Waals surface area contributed by atoms with Crippen LogP contribution in [0.5, 0.6) is 0 Å². The van der Waals surface area contributed by atoms with Crippen LogP contribution in [0.3, 0.4) is 0 Å². The van der Waals surface area contributed by atoms with Gasteiger partial charge in [-0.25, -0.2) is 4.39 Å². The van der Waals surface area contributed by atoms with Gasteiger partial charge in [0.25, 0.3) is 0 Å². The largest absolute Gasteiger partial charge is 0.481 e. The quantitative estimate of drug-likeness (QED) is 0.551. The zero-order valence-corrected chi connectivity index (χ0v) is 16.2. The molecule has 2 aromatic carbocycles. The number of nitrogens with zero attached hydrogens (tertiary/aromatic N) is 1. The van der Waals surface area contributed by atoms with E-state index in [1.54, 1.807) is 19.1 Å². The first-order chi connectivity index (χ1) is 11.7. The zero-order valence-electron chi connectivity index (χ0n) is 14.3. The lowest BCUT2D eigenvalue weighted by Gasteiger charge is -2.17. The first-order valence-electron chi connectivity index (χ1n) is 7.77. The molecule has 0 aliphatic carbocycles. The Kier molecular flexibility index (Phi) is 6.31. The molecule has 0 fully saturated rings. The Bertz CT molecular complexity index is 829. The summed E-state index contributed by atoms with van der Waals surface area (Å²) in [6.07, 6.45) is -0.275. The van der Waals surface area contributed by atoms with Crippen molar-refractivity contribution in [3.63, 3.8) is 0 Å². The van der Waals surface area contributed by atoms with Gasteiger partial charge in [-0.1, -0.05) is 20.8 Å². The van der Waals surface area contributed by atoms with Gasteiger partial charge in [0.1, 0.15) is 5.82 Å². The van der Waals surface area contributed by atoms with Crippen LogP contribution in [0.1, 0.15) is 34.7 Å². The third kappa shape index (κ3) is 4.45. The van der Waals surface area contributed by atoms with E-state index in [4.69, 9.17) is 16.7 Å². The van der Waals surface area contributed by atoms with Crippen molar-refractivity contribution in [3.05, 3.63) is 57.4 Å². The van der Waals surface area contributed by atoms with Crippen LogP contribution in [0.15, 0.2) is 29.3 Å². The van der Waals surface area contributed by atoms with Crippen molar-refractivity contribution in [3.8, 4) is 11.1 Å². The number of hydrogen-bond donors (Lipinski definition) is 1. The maximum Gasteiger partial charge on any atom is 0.305 e. The monoisotopic (exact) mass is 379 g/mol. The Morgan fingerprint density at radius 3 is 2.36 bits per heavy atom. The second-order valence-corrected chi connectivity index (χ2v) is 6.76. The highest BCUT2D eigenvalue weighted by molar-refractivity contribution is 7.36. The number of aryl methyl sites for hydroxylation is 3. The van der Waals surface area contributed by atoms with Crippen LogP contribution < -0.4 is 0 Å². The van der Waals surface area contributed by atoms with Crippen LogP contribution in [0.2, 0.25) is 5.02 Å². The van der Waals surface area contributed by atoms with Crippen LogP contribution in [0, 0.1) is 26.6 Å². The maximum absolute atomic E-state index is 14.7. The predicted molar refractivity (Wildman–Crippen MR) is 104 cm³/mol. The fourth-order valence-electron chi connectivity index (χ4n) is 3.06. The zero-order chi connectivity index (χ0) is 18.7. The lowest BCUT2D eigenvalue weighted by Crippen LogP contribution is -2.08. The van der Waals surface area contributed by atoms with Crippen molar-refractivity contribution in [1.29, 1.82) is 0 Å². The van der Waals surface area contributed by atoms with Crippen molar-refractivity contribution in [1.82, 2.24) is 0 Å². The molecule has 0 heterocycles. The molecule has 0 bridgehead atoms. The molecule has 0 spiro atoms. The molecule has 1 N–H and O–H groups in total. The molecule has 0 saturated heterocycles. The fourth-order valence-corrected chi connectivity index (χ4v) is 3.60.